The second-order valence-corrected chi connectivity index (χ2v) is 5.68. The van der Waals surface area contributed by atoms with Crippen LogP contribution in [0, 0.1) is 11.7 Å². The predicted molar refractivity (Wildman–Crippen MR) is 80.0 cm³/mol. The van der Waals surface area contributed by atoms with E-state index in [0.717, 1.165) is 6.07 Å². The van der Waals surface area contributed by atoms with E-state index >= 15 is 0 Å². The Morgan fingerprint density at radius 2 is 2.10 bits per heavy atom. The minimum absolute atomic E-state index is 0.122. The number of benzene rings is 1. The van der Waals surface area contributed by atoms with E-state index in [-0.39, 0.29) is 22.6 Å². The predicted octanol–water partition coefficient (Wildman–Crippen LogP) is 2.77. The van der Waals surface area contributed by atoms with Crippen LogP contribution in [0.5, 0.6) is 5.75 Å². The van der Waals surface area contributed by atoms with Gasteiger partial charge >= 0.3 is 0 Å². The maximum atomic E-state index is 12.9. The molecule has 2 N–H and O–H groups in total. The summed E-state index contributed by atoms with van der Waals surface area (Å²) in [6.07, 6.45) is -0.533. The molecular formula is C15H21ClFNO3. The number of nitrogens with one attached hydrogen (secondary N) is 1. The zero-order valence-electron chi connectivity index (χ0n) is 12.4. The Balaban J connectivity index is 2.47. The summed E-state index contributed by atoms with van der Waals surface area (Å²) in [5, 5.41) is 12.1. The van der Waals surface area contributed by atoms with Crippen LogP contribution in [-0.4, -0.2) is 29.8 Å². The van der Waals surface area contributed by atoms with Crippen LogP contribution in [0.25, 0.3) is 0 Å². The minimum atomic E-state index is -0.744. The molecule has 3 unspecified atom stereocenters. The van der Waals surface area contributed by atoms with Crippen LogP contribution in [0.4, 0.5) is 4.39 Å². The van der Waals surface area contributed by atoms with Gasteiger partial charge in [-0.15, -0.1) is 0 Å². The molecule has 0 spiro atoms. The van der Waals surface area contributed by atoms with Crippen LogP contribution < -0.4 is 10.1 Å². The standard InChI is InChI=1S/C15H21ClFNO3/c1-9(6-10(2)19)8-18-15(20)11(3)21-14-5-4-12(17)7-13(14)16/h4-5,7,9-11,19H,6,8H2,1-3H3,(H,18,20). The first-order valence-electron chi connectivity index (χ1n) is 6.87. The minimum Gasteiger partial charge on any atom is -0.479 e. The molecule has 6 heteroatoms. The second-order valence-electron chi connectivity index (χ2n) is 5.27. The molecule has 0 aliphatic carbocycles. The lowest BCUT2D eigenvalue weighted by atomic mass is 10.0. The van der Waals surface area contributed by atoms with Gasteiger partial charge in [0.15, 0.2) is 6.10 Å². The number of rotatable bonds is 7. The van der Waals surface area contributed by atoms with Crippen LogP contribution in [0.3, 0.4) is 0 Å². The van der Waals surface area contributed by atoms with Gasteiger partial charge in [0.2, 0.25) is 0 Å². The number of hydrogen-bond donors (Lipinski definition) is 2. The molecule has 0 bridgehead atoms. The zero-order chi connectivity index (χ0) is 16.0. The van der Waals surface area contributed by atoms with Crippen molar-refractivity contribution in [1.82, 2.24) is 5.32 Å². The van der Waals surface area contributed by atoms with E-state index in [1.54, 1.807) is 13.8 Å². The normalized spacial score (nSPS) is 15.1. The largest absolute Gasteiger partial charge is 0.479 e. The van der Waals surface area contributed by atoms with Gasteiger partial charge in [-0.25, -0.2) is 4.39 Å². The van der Waals surface area contributed by atoms with Crippen molar-refractivity contribution < 1.29 is 19.0 Å². The van der Waals surface area contributed by atoms with Crippen molar-refractivity contribution in [3.05, 3.63) is 29.0 Å². The Kier molecular flexibility index (Phi) is 6.92. The fourth-order valence-electron chi connectivity index (χ4n) is 1.90. The molecule has 21 heavy (non-hydrogen) atoms. The zero-order valence-corrected chi connectivity index (χ0v) is 13.2. The highest BCUT2D eigenvalue weighted by Gasteiger charge is 2.17. The van der Waals surface area contributed by atoms with Crippen molar-refractivity contribution in [2.45, 2.75) is 39.4 Å². The van der Waals surface area contributed by atoms with Crippen molar-refractivity contribution in [2.24, 2.45) is 5.92 Å². The number of halogens is 2. The molecule has 0 saturated heterocycles. The molecule has 0 aromatic heterocycles. The Bertz CT molecular complexity index is 482. The molecule has 0 aliphatic rings. The third kappa shape index (κ3) is 6.31. The summed E-state index contributed by atoms with van der Waals surface area (Å²) in [5.74, 6) is -0.322. The lowest BCUT2D eigenvalue weighted by molar-refractivity contribution is -0.127. The van der Waals surface area contributed by atoms with Crippen molar-refractivity contribution in [3.8, 4) is 5.75 Å². The second kappa shape index (κ2) is 8.20. The van der Waals surface area contributed by atoms with Crippen LogP contribution in [0.1, 0.15) is 27.2 Å². The van der Waals surface area contributed by atoms with E-state index in [1.807, 2.05) is 6.92 Å². The molecular weight excluding hydrogens is 297 g/mol. The molecule has 0 heterocycles. The molecule has 1 rings (SSSR count). The van der Waals surface area contributed by atoms with Gasteiger partial charge in [-0.05, 0) is 44.4 Å². The molecule has 0 aliphatic heterocycles. The average Bonchev–Trinajstić information content (AvgIpc) is 2.38. The lowest BCUT2D eigenvalue weighted by Crippen LogP contribution is -2.38. The Morgan fingerprint density at radius 1 is 1.43 bits per heavy atom. The highest BCUT2D eigenvalue weighted by molar-refractivity contribution is 6.32. The molecule has 118 valence electrons. The fourth-order valence-corrected chi connectivity index (χ4v) is 2.11. The quantitative estimate of drug-likeness (QED) is 0.813. The topological polar surface area (TPSA) is 58.6 Å². The Labute approximate surface area is 129 Å². The monoisotopic (exact) mass is 317 g/mol. The number of carbonyl (C=O) groups excluding carboxylic acids is 1. The number of ether oxygens (including phenoxy) is 1. The van der Waals surface area contributed by atoms with Crippen LogP contribution in [0.15, 0.2) is 18.2 Å². The molecule has 0 radical (unpaired) electrons. The summed E-state index contributed by atoms with van der Waals surface area (Å²) in [6, 6.07) is 3.74. The van der Waals surface area contributed by atoms with Crippen molar-refractivity contribution in [2.75, 3.05) is 6.54 Å². The highest BCUT2D eigenvalue weighted by atomic mass is 35.5. The Hall–Kier alpha value is -1.33. The highest BCUT2D eigenvalue weighted by Crippen LogP contribution is 2.25. The fraction of sp³-hybridized carbons (Fsp3) is 0.533. The van der Waals surface area contributed by atoms with Gasteiger partial charge in [-0.2, -0.15) is 0 Å². The van der Waals surface area contributed by atoms with Gasteiger partial charge in [0.25, 0.3) is 5.91 Å². The SMILES string of the molecule is CC(O)CC(C)CNC(=O)C(C)Oc1ccc(F)cc1Cl. The molecule has 0 saturated carbocycles. The van der Waals surface area contributed by atoms with E-state index in [2.05, 4.69) is 5.32 Å². The lowest BCUT2D eigenvalue weighted by Gasteiger charge is -2.18. The molecule has 1 amide bonds. The van der Waals surface area contributed by atoms with E-state index in [4.69, 9.17) is 16.3 Å². The summed E-state index contributed by atoms with van der Waals surface area (Å²) in [6.45, 7) is 5.69. The van der Waals surface area contributed by atoms with E-state index in [9.17, 15) is 14.3 Å². The van der Waals surface area contributed by atoms with Gasteiger partial charge in [0, 0.05) is 6.54 Å². The van der Waals surface area contributed by atoms with Gasteiger partial charge in [0.1, 0.15) is 11.6 Å². The summed E-state index contributed by atoms with van der Waals surface area (Å²) >= 11 is 5.84. The first-order valence-corrected chi connectivity index (χ1v) is 7.25. The van der Waals surface area contributed by atoms with E-state index in [1.165, 1.54) is 12.1 Å². The van der Waals surface area contributed by atoms with Crippen LogP contribution >= 0.6 is 11.6 Å². The van der Waals surface area contributed by atoms with Crippen LogP contribution in [-0.2, 0) is 4.79 Å². The molecule has 1 aromatic rings. The van der Waals surface area contributed by atoms with Crippen molar-refractivity contribution in [3.63, 3.8) is 0 Å². The number of aliphatic hydroxyl groups is 1. The summed E-state index contributed by atoms with van der Waals surface area (Å²) < 4.78 is 18.3. The van der Waals surface area contributed by atoms with Crippen molar-refractivity contribution in [1.29, 1.82) is 0 Å². The first kappa shape index (κ1) is 17.7. The molecule has 0 fully saturated rings. The maximum Gasteiger partial charge on any atom is 0.260 e. The van der Waals surface area contributed by atoms with E-state index < -0.39 is 18.0 Å². The number of hydrogen-bond acceptors (Lipinski definition) is 3. The van der Waals surface area contributed by atoms with Gasteiger partial charge in [-0.1, -0.05) is 18.5 Å². The Morgan fingerprint density at radius 3 is 2.67 bits per heavy atom. The maximum absolute atomic E-state index is 12.9. The number of aliphatic hydroxyl groups excluding tert-OH is 1. The first-order chi connectivity index (χ1) is 9.79. The van der Waals surface area contributed by atoms with Gasteiger partial charge < -0.3 is 15.2 Å². The van der Waals surface area contributed by atoms with Crippen molar-refractivity contribution >= 4 is 17.5 Å². The summed E-state index contributed by atoms with van der Waals surface area (Å²) in [7, 11) is 0. The molecule has 1 aromatic carbocycles. The number of amides is 1. The van der Waals surface area contributed by atoms with Crippen LogP contribution in [0.2, 0.25) is 5.02 Å². The van der Waals surface area contributed by atoms with Gasteiger partial charge in [-0.3, -0.25) is 4.79 Å². The molecule has 4 nitrogen and oxygen atoms in total. The smallest absolute Gasteiger partial charge is 0.260 e. The van der Waals surface area contributed by atoms with E-state index in [0.29, 0.717) is 13.0 Å². The summed E-state index contributed by atoms with van der Waals surface area (Å²) in [4.78, 5) is 11.9. The summed E-state index contributed by atoms with van der Waals surface area (Å²) in [5.41, 5.74) is 0. The number of carbonyl (C=O) groups is 1. The average molecular weight is 318 g/mol. The third-order valence-corrected chi connectivity index (χ3v) is 3.23. The third-order valence-electron chi connectivity index (χ3n) is 2.94. The van der Waals surface area contributed by atoms with Gasteiger partial charge in [0.05, 0.1) is 11.1 Å². The molecule has 3 atom stereocenters.